The minimum absolute atomic E-state index is 0.119. The van der Waals surface area contributed by atoms with E-state index in [0.717, 1.165) is 28.3 Å². The number of nitrogens with zero attached hydrogens (tertiary/aromatic N) is 4. The van der Waals surface area contributed by atoms with E-state index in [2.05, 4.69) is 43.0 Å². The minimum Gasteiger partial charge on any atom is -0.310 e. The third kappa shape index (κ3) is 4.20. The van der Waals surface area contributed by atoms with Gasteiger partial charge in [-0.15, -0.1) is 16.8 Å². The summed E-state index contributed by atoms with van der Waals surface area (Å²) in [6.07, 6.45) is 5.79. The number of allylic oxidation sites excluding steroid dienone is 1. The lowest BCUT2D eigenvalue weighted by Crippen LogP contribution is -2.15. The standard InChI is InChI=1S/C15H16BrN5OS/c1-2-7-21-14(10-3-4-10)19-20-15(21)23-9-13(22)18-12-6-5-11(16)8-17-12/h2,5-6,8,10H,1,3-4,7,9H2,(H,17,18,22). The molecule has 23 heavy (non-hydrogen) atoms. The number of carbonyl (C=O) groups is 1. The van der Waals surface area contributed by atoms with E-state index in [1.807, 2.05) is 16.7 Å². The molecular weight excluding hydrogens is 378 g/mol. The highest BCUT2D eigenvalue weighted by Crippen LogP contribution is 2.40. The zero-order valence-corrected chi connectivity index (χ0v) is 14.8. The molecule has 0 spiro atoms. The third-order valence-corrected chi connectivity index (χ3v) is 4.76. The van der Waals surface area contributed by atoms with Gasteiger partial charge < -0.3 is 9.88 Å². The van der Waals surface area contributed by atoms with Gasteiger partial charge in [0.1, 0.15) is 11.6 Å². The molecule has 0 unspecified atom stereocenters. The lowest BCUT2D eigenvalue weighted by Gasteiger charge is -2.07. The zero-order chi connectivity index (χ0) is 16.2. The average Bonchev–Trinajstić information content (AvgIpc) is 3.30. The number of anilines is 1. The van der Waals surface area contributed by atoms with Gasteiger partial charge in [0.05, 0.1) is 5.75 Å². The number of hydrogen-bond donors (Lipinski definition) is 1. The molecule has 1 fully saturated rings. The van der Waals surface area contributed by atoms with E-state index in [1.54, 1.807) is 12.3 Å². The SMILES string of the molecule is C=CCn1c(SCC(=O)Nc2ccc(Br)cn2)nnc1C1CC1. The fourth-order valence-corrected chi connectivity index (χ4v) is 3.10. The topological polar surface area (TPSA) is 72.7 Å². The van der Waals surface area contributed by atoms with Gasteiger partial charge in [0, 0.05) is 23.1 Å². The lowest BCUT2D eigenvalue weighted by atomic mass is 10.4. The molecule has 2 aromatic heterocycles. The lowest BCUT2D eigenvalue weighted by molar-refractivity contribution is -0.113. The molecule has 2 aromatic rings. The van der Waals surface area contributed by atoms with Crippen molar-refractivity contribution in [2.45, 2.75) is 30.5 Å². The summed E-state index contributed by atoms with van der Waals surface area (Å²) in [5.74, 6) is 2.19. The van der Waals surface area contributed by atoms with Crippen LogP contribution in [-0.2, 0) is 11.3 Å². The van der Waals surface area contributed by atoms with E-state index in [4.69, 9.17) is 0 Å². The molecule has 0 bridgehead atoms. The number of thioether (sulfide) groups is 1. The highest BCUT2D eigenvalue weighted by atomic mass is 79.9. The quantitative estimate of drug-likeness (QED) is 0.577. The van der Waals surface area contributed by atoms with Crippen LogP contribution in [0.5, 0.6) is 0 Å². The van der Waals surface area contributed by atoms with Crippen LogP contribution < -0.4 is 5.32 Å². The van der Waals surface area contributed by atoms with Crippen LogP contribution in [-0.4, -0.2) is 31.4 Å². The van der Waals surface area contributed by atoms with Crippen LogP contribution in [0.1, 0.15) is 24.6 Å². The molecule has 0 aliphatic heterocycles. The average molecular weight is 394 g/mol. The predicted molar refractivity (Wildman–Crippen MR) is 93.5 cm³/mol. The Hall–Kier alpha value is -1.67. The van der Waals surface area contributed by atoms with Crippen molar-refractivity contribution < 1.29 is 4.79 Å². The number of halogens is 1. The van der Waals surface area contributed by atoms with E-state index < -0.39 is 0 Å². The molecule has 1 N–H and O–H groups in total. The molecule has 1 aliphatic carbocycles. The summed E-state index contributed by atoms with van der Waals surface area (Å²) in [7, 11) is 0. The van der Waals surface area contributed by atoms with E-state index >= 15 is 0 Å². The highest BCUT2D eigenvalue weighted by Gasteiger charge is 2.30. The number of pyridine rings is 1. The largest absolute Gasteiger partial charge is 0.310 e. The van der Waals surface area contributed by atoms with Gasteiger partial charge in [0.15, 0.2) is 5.16 Å². The summed E-state index contributed by atoms with van der Waals surface area (Å²) in [6.45, 7) is 4.44. The Morgan fingerprint density at radius 1 is 1.48 bits per heavy atom. The number of carbonyl (C=O) groups excluding carboxylic acids is 1. The maximum absolute atomic E-state index is 12.0. The predicted octanol–water partition coefficient (Wildman–Crippen LogP) is 3.23. The Morgan fingerprint density at radius 2 is 2.30 bits per heavy atom. The number of nitrogens with one attached hydrogen (secondary N) is 1. The molecule has 3 rings (SSSR count). The number of aromatic nitrogens is 4. The second kappa shape index (κ2) is 7.27. The molecule has 0 atom stereocenters. The van der Waals surface area contributed by atoms with Gasteiger partial charge in [0.25, 0.3) is 0 Å². The highest BCUT2D eigenvalue weighted by molar-refractivity contribution is 9.10. The van der Waals surface area contributed by atoms with Crippen molar-refractivity contribution >= 4 is 39.4 Å². The molecule has 0 radical (unpaired) electrons. The van der Waals surface area contributed by atoms with Gasteiger partial charge >= 0.3 is 0 Å². The van der Waals surface area contributed by atoms with E-state index in [-0.39, 0.29) is 11.7 Å². The summed E-state index contributed by atoms with van der Waals surface area (Å²) >= 11 is 4.69. The van der Waals surface area contributed by atoms with E-state index in [9.17, 15) is 4.79 Å². The molecule has 1 amide bonds. The van der Waals surface area contributed by atoms with Crippen molar-refractivity contribution in [2.75, 3.05) is 11.1 Å². The van der Waals surface area contributed by atoms with Crippen molar-refractivity contribution in [1.82, 2.24) is 19.7 Å². The Bertz CT molecular complexity index is 711. The van der Waals surface area contributed by atoms with Gasteiger partial charge in [0.2, 0.25) is 5.91 Å². The second-order valence-corrected chi connectivity index (χ2v) is 7.07. The van der Waals surface area contributed by atoms with Crippen LogP contribution in [0, 0.1) is 0 Å². The Labute approximate surface area is 146 Å². The molecular formula is C15H16BrN5OS. The summed E-state index contributed by atoms with van der Waals surface area (Å²) in [5, 5.41) is 12.0. The molecule has 2 heterocycles. The van der Waals surface area contributed by atoms with E-state index in [0.29, 0.717) is 18.3 Å². The first-order chi connectivity index (χ1) is 11.2. The normalized spacial score (nSPS) is 13.8. The van der Waals surface area contributed by atoms with Crippen LogP contribution in [0.3, 0.4) is 0 Å². The first-order valence-electron chi connectivity index (χ1n) is 7.25. The van der Waals surface area contributed by atoms with E-state index in [1.165, 1.54) is 11.8 Å². The van der Waals surface area contributed by atoms with Crippen molar-refractivity contribution in [3.8, 4) is 0 Å². The number of amides is 1. The summed E-state index contributed by atoms with van der Waals surface area (Å²) in [6, 6.07) is 3.58. The Kier molecular flexibility index (Phi) is 5.12. The maximum atomic E-state index is 12.0. The van der Waals surface area contributed by atoms with Crippen LogP contribution in [0.25, 0.3) is 0 Å². The van der Waals surface area contributed by atoms with Crippen LogP contribution in [0.15, 0.2) is 40.6 Å². The van der Waals surface area contributed by atoms with Crippen LogP contribution in [0.4, 0.5) is 5.82 Å². The molecule has 1 aliphatic rings. The van der Waals surface area contributed by atoms with Crippen LogP contribution in [0.2, 0.25) is 0 Å². The molecule has 6 nitrogen and oxygen atoms in total. The van der Waals surface area contributed by atoms with Crippen molar-refractivity contribution in [1.29, 1.82) is 0 Å². The first kappa shape index (κ1) is 16.2. The van der Waals surface area contributed by atoms with Gasteiger partial charge in [-0.25, -0.2) is 4.98 Å². The van der Waals surface area contributed by atoms with Gasteiger partial charge in [-0.05, 0) is 40.9 Å². The first-order valence-corrected chi connectivity index (χ1v) is 9.03. The van der Waals surface area contributed by atoms with Gasteiger partial charge in [-0.1, -0.05) is 17.8 Å². The van der Waals surface area contributed by atoms with Crippen molar-refractivity contribution in [3.63, 3.8) is 0 Å². The smallest absolute Gasteiger partial charge is 0.236 e. The Morgan fingerprint density at radius 3 is 2.96 bits per heavy atom. The van der Waals surface area contributed by atoms with Gasteiger partial charge in [-0.2, -0.15) is 0 Å². The molecule has 8 heteroatoms. The summed E-state index contributed by atoms with van der Waals surface area (Å²) < 4.78 is 2.91. The summed E-state index contributed by atoms with van der Waals surface area (Å²) in [5.41, 5.74) is 0. The molecule has 0 aromatic carbocycles. The zero-order valence-electron chi connectivity index (χ0n) is 12.4. The molecule has 120 valence electrons. The number of hydrogen-bond acceptors (Lipinski definition) is 5. The number of rotatable bonds is 7. The maximum Gasteiger partial charge on any atom is 0.236 e. The van der Waals surface area contributed by atoms with Gasteiger partial charge in [-0.3, -0.25) is 4.79 Å². The summed E-state index contributed by atoms with van der Waals surface area (Å²) in [4.78, 5) is 16.2. The fraction of sp³-hybridized carbons (Fsp3) is 0.333. The third-order valence-electron chi connectivity index (χ3n) is 3.33. The monoisotopic (exact) mass is 393 g/mol. The van der Waals surface area contributed by atoms with Crippen molar-refractivity contribution in [2.24, 2.45) is 0 Å². The van der Waals surface area contributed by atoms with Crippen molar-refractivity contribution in [3.05, 3.63) is 41.3 Å². The second-order valence-electron chi connectivity index (χ2n) is 5.21. The Balaban J connectivity index is 1.60. The molecule has 1 saturated carbocycles. The molecule has 0 saturated heterocycles. The van der Waals surface area contributed by atoms with Crippen LogP contribution >= 0.6 is 27.7 Å². The fourth-order valence-electron chi connectivity index (χ4n) is 2.11. The minimum atomic E-state index is -0.119.